The lowest BCUT2D eigenvalue weighted by Crippen LogP contribution is -2.08. The van der Waals surface area contributed by atoms with E-state index < -0.39 is 5.91 Å². The van der Waals surface area contributed by atoms with Gasteiger partial charge in [0, 0.05) is 33.0 Å². The Morgan fingerprint density at radius 1 is 1.30 bits per heavy atom. The average molecular weight is 274 g/mol. The van der Waals surface area contributed by atoms with E-state index in [4.69, 9.17) is 10.5 Å². The van der Waals surface area contributed by atoms with Crippen LogP contribution in [0.3, 0.4) is 0 Å². The molecule has 0 aliphatic carbocycles. The average Bonchev–Trinajstić information content (AvgIpc) is 2.42. The number of nitrogens with zero attached hydrogens (tertiary/aromatic N) is 1. The van der Waals surface area contributed by atoms with Crippen molar-refractivity contribution in [3.63, 3.8) is 0 Å². The molecule has 0 fully saturated rings. The highest BCUT2D eigenvalue weighted by Crippen LogP contribution is 2.23. The summed E-state index contributed by atoms with van der Waals surface area (Å²) in [7, 11) is 5.71. The van der Waals surface area contributed by atoms with Gasteiger partial charge in [-0.2, -0.15) is 0 Å². The van der Waals surface area contributed by atoms with E-state index >= 15 is 0 Å². The SMILES string of the molecule is COC(C/C=C/C=C/C(N)=O)c1ccc(N(C)C)cc1. The summed E-state index contributed by atoms with van der Waals surface area (Å²) in [5.74, 6) is -0.447. The Labute approximate surface area is 120 Å². The van der Waals surface area contributed by atoms with Crippen LogP contribution in [0.15, 0.2) is 48.6 Å². The minimum atomic E-state index is -0.447. The number of allylic oxidation sites excluding steroid dienone is 2. The van der Waals surface area contributed by atoms with E-state index in [1.807, 2.05) is 20.2 Å². The maximum absolute atomic E-state index is 10.5. The van der Waals surface area contributed by atoms with E-state index in [9.17, 15) is 4.79 Å². The first-order valence-electron chi connectivity index (χ1n) is 6.47. The van der Waals surface area contributed by atoms with Gasteiger partial charge in [0.2, 0.25) is 5.91 Å². The van der Waals surface area contributed by atoms with E-state index in [1.54, 1.807) is 19.3 Å². The van der Waals surface area contributed by atoms with Gasteiger partial charge in [-0.25, -0.2) is 0 Å². The number of benzene rings is 1. The molecule has 0 aliphatic heterocycles. The van der Waals surface area contributed by atoms with Crippen LogP contribution in [0.5, 0.6) is 0 Å². The number of rotatable bonds is 7. The monoisotopic (exact) mass is 274 g/mol. The van der Waals surface area contributed by atoms with Gasteiger partial charge in [-0.3, -0.25) is 4.79 Å². The fourth-order valence-corrected chi connectivity index (χ4v) is 1.79. The highest BCUT2D eigenvalue weighted by molar-refractivity contribution is 5.85. The zero-order valence-corrected chi connectivity index (χ0v) is 12.2. The molecule has 2 N–H and O–H groups in total. The normalized spacial score (nSPS) is 12.9. The van der Waals surface area contributed by atoms with Gasteiger partial charge in [-0.15, -0.1) is 0 Å². The summed E-state index contributed by atoms with van der Waals surface area (Å²) in [4.78, 5) is 12.6. The largest absolute Gasteiger partial charge is 0.378 e. The second kappa shape index (κ2) is 8.17. The molecule has 0 bridgehead atoms. The van der Waals surface area contributed by atoms with E-state index in [2.05, 4.69) is 29.2 Å². The maximum atomic E-state index is 10.5. The predicted octanol–water partition coefficient (Wildman–Crippen LogP) is 2.43. The number of anilines is 1. The first-order chi connectivity index (χ1) is 9.54. The smallest absolute Gasteiger partial charge is 0.241 e. The molecule has 20 heavy (non-hydrogen) atoms. The van der Waals surface area contributed by atoms with Gasteiger partial charge in [0.15, 0.2) is 0 Å². The lowest BCUT2D eigenvalue weighted by atomic mass is 10.1. The Kier molecular flexibility index (Phi) is 6.53. The van der Waals surface area contributed by atoms with Crippen LogP contribution in [0, 0.1) is 0 Å². The van der Waals surface area contributed by atoms with Crippen LogP contribution in [0.1, 0.15) is 18.1 Å². The van der Waals surface area contributed by atoms with Crippen LogP contribution < -0.4 is 10.6 Å². The van der Waals surface area contributed by atoms with Crippen LogP contribution in [0.2, 0.25) is 0 Å². The van der Waals surface area contributed by atoms with Crippen LogP contribution >= 0.6 is 0 Å². The molecule has 1 rings (SSSR count). The van der Waals surface area contributed by atoms with Crippen molar-refractivity contribution in [2.45, 2.75) is 12.5 Å². The number of carbonyl (C=O) groups excluding carboxylic acids is 1. The van der Waals surface area contributed by atoms with Crippen molar-refractivity contribution in [1.29, 1.82) is 0 Å². The second-order valence-electron chi connectivity index (χ2n) is 4.64. The molecule has 1 unspecified atom stereocenters. The molecule has 1 atom stereocenters. The minimum Gasteiger partial charge on any atom is -0.378 e. The topological polar surface area (TPSA) is 55.6 Å². The van der Waals surface area contributed by atoms with E-state index in [-0.39, 0.29) is 6.10 Å². The first-order valence-corrected chi connectivity index (χ1v) is 6.47. The first kappa shape index (κ1) is 16.0. The second-order valence-corrected chi connectivity index (χ2v) is 4.64. The Morgan fingerprint density at radius 3 is 2.45 bits per heavy atom. The quantitative estimate of drug-likeness (QED) is 0.613. The van der Waals surface area contributed by atoms with Gasteiger partial charge >= 0.3 is 0 Å². The molecule has 0 saturated carbocycles. The van der Waals surface area contributed by atoms with Crippen molar-refractivity contribution in [3.8, 4) is 0 Å². The van der Waals surface area contributed by atoms with Crippen molar-refractivity contribution in [1.82, 2.24) is 0 Å². The summed E-state index contributed by atoms with van der Waals surface area (Å²) in [5.41, 5.74) is 7.28. The van der Waals surface area contributed by atoms with Gasteiger partial charge in [0.25, 0.3) is 0 Å². The van der Waals surface area contributed by atoms with Crippen LogP contribution in [-0.2, 0) is 9.53 Å². The Balaban J connectivity index is 2.64. The van der Waals surface area contributed by atoms with E-state index in [0.717, 1.165) is 17.7 Å². The summed E-state index contributed by atoms with van der Waals surface area (Å²) < 4.78 is 5.48. The summed E-state index contributed by atoms with van der Waals surface area (Å²) in [6.45, 7) is 0. The third-order valence-electron chi connectivity index (χ3n) is 2.92. The molecule has 0 spiro atoms. The Bertz CT molecular complexity index is 476. The lowest BCUT2D eigenvalue weighted by molar-refractivity contribution is -0.113. The number of amides is 1. The maximum Gasteiger partial charge on any atom is 0.241 e. The molecule has 1 aromatic rings. The van der Waals surface area contributed by atoms with Crippen molar-refractivity contribution in [2.24, 2.45) is 5.73 Å². The number of ether oxygens (including phenoxy) is 1. The van der Waals surface area contributed by atoms with Gasteiger partial charge in [0.05, 0.1) is 6.10 Å². The van der Waals surface area contributed by atoms with Crippen molar-refractivity contribution >= 4 is 11.6 Å². The fourth-order valence-electron chi connectivity index (χ4n) is 1.79. The van der Waals surface area contributed by atoms with Crippen LogP contribution in [0.4, 0.5) is 5.69 Å². The molecule has 4 nitrogen and oxygen atoms in total. The summed E-state index contributed by atoms with van der Waals surface area (Å²) in [5, 5.41) is 0. The lowest BCUT2D eigenvalue weighted by Gasteiger charge is -2.16. The highest BCUT2D eigenvalue weighted by atomic mass is 16.5. The van der Waals surface area contributed by atoms with Crippen molar-refractivity contribution in [3.05, 3.63) is 54.1 Å². The molecule has 0 heterocycles. The third kappa shape index (κ3) is 5.28. The molecule has 108 valence electrons. The molecule has 0 aliphatic rings. The van der Waals surface area contributed by atoms with Gasteiger partial charge in [0.1, 0.15) is 0 Å². The fraction of sp³-hybridized carbons (Fsp3) is 0.312. The van der Waals surface area contributed by atoms with Gasteiger partial charge in [-0.05, 0) is 24.1 Å². The number of primary amides is 1. The number of hydrogen-bond donors (Lipinski definition) is 1. The van der Waals surface area contributed by atoms with Crippen LogP contribution in [-0.4, -0.2) is 27.1 Å². The van der Waals surface area contributed by atoms with Crippen molar-refractivity contribution in [2.75, 3.05) is 26.1 Å². The summed E-state index contributed by atoms with van der Waals surface area (Å²) in [6.07, 6.45) is 7.44. The molecule has 1 aromatic carbocycles. The number of carbonyl (C=O) groups is 1. The van der Waals surface area contributed by atoms with E-state index in [0.29, 0.717) is 0 Å². The zero-order valence-electron chi connectivity index (χ0n) is 12.2. The number of hydrogen-bond acceptors (Lipinski definition) is 3. The number of nitrogens with two attached hydrogens (primary N) is 1. The summed E-state index contributed by atoms with van der Waals surface area (Å²) >= 11 is 0. The van der Waals surface area contributed by atoms with Gasteiger partial charge < -0.3 is 15.4 Å². The highest BCUT2D eigenvalue weighted by Gasteiger charge is 2.08. The molecule has 0 radical (unpaired) electrons. The molecule has 0 saturated heterocycles. The minimum absolute atomic E-state index is 0.00411. The third-order valence-corrected chi connectivity index (χ3v) is 2.92. The zero-order chi connectivity index (χ0) is 15.0. The van der Waals surface area contributed by atoms with Gasteiger partial charge in [-0.1, -0.05) is 30.4 Å². The molecule has 4 heteroatoms. The number of methoxy groups -OCH3 is 1. The summed E-state index contributed by atoms with van der Waals surface area (Å²) in [6, 6.07) is 8.27. The van der Waals surface area contributed by atoms with E-state index in [1.165, 1.54) is 6.08 Å². The molecular weight excluding hydrogens is 252 g/mol. The van der Waals surface area contributed by atoms with Crippen LogP contribution in [0.25, 0.3) is 0 Å². The molecular formula is C16H22N2O2. The Hall–Kier alpha value is -2.07. The standard InChI is InChI=1S/C16H22N2O2/c1-18(2)14-11-9-13(10-12-14)15(20-3)7-5-4-6-8-16(17)19/h4-6,8-12,15H,7H2,1-3H3,(H2,17,19)/b5-4+,8-6+. The molecule has 0 aromatic heterocycles. The Morgan fingerprint density at radius 2 is 1.95 bits per heavy atom. The van der Waals surface area contributed by atoms with Crippen molar-refractivity contribution < 1.29 is 9.53 Å². The molecule has 1 amide bonds. The predicted molar refractivity (Wildman–Crippen MR) is 82.6 cm³/mol.